The second-order valence-electron chi connectivity index (χ2n) is 7.30. The quantitative estimate of drug-likeness (QED) is 0.912. The van der Waals surface area contributed by atoms with Crippen molar-refractivity contribution in [3.8, 4) is 11.5 Å². The van der Waals surface area contributed by atoms with Gasteiger partial charge in [0.05, 0.1) is 5.56 Å². The van der Waals surface area contributed by atoms with Gasteiger partial charge >= 0.3 is 0 Å². The Kier molecular flexibility index (Phi) is 3.30. The van der Waals surface area contributed by atoms with Crippen molar-refractivity contribution in [1.82, 2.24) is 5.32 Å². The van der Waals surface area contributed by atoms with E-state index in [9.17, 15) is 9.90 Å². The second kappa shape index (κ2) is 5.26. The molecular weight excluding hydrogens is 302 g/mol. The van der Waals surface area contributed by atoms with Gasteiger partial charge in [-0.2, -0.15) is 0 Å². The number of hydrogen-bond acceptors (Lipinski definition) is 3. The molecule has 4 rings (SSSR count). The van der Waals surface area contributed by atoms with Crippen molar-refractivity contribution in [2.75, 3.05) is 6.54 Å². The predicted molar refractivity (Wildman–Crippen MR) is 91.7 cm³/mol. The summed E-state index contributed by atoms with van der Waals surface area (Å²) in [6, 6.07) is 11.9. The van der Waals surface area contributed by atoms with E-state index in [2.05, 4.69) is 17.4 Å². The monoisotopic (exact) mass is 323 g/mol. The van der Waals surface area contributed by atoms with Crippen molar-refractivity contribution in [2.24, 2.45) is 0 Å². The molecule has 2 N–H and O–H groups in total. The van der Waals surface area contributed by atoms with E-state index in [0.717, 1.165) is 18.4 Å². The second-order valence-corrected chi connectivity index (χ2v) is 7.30. The third-order valence-corrected chi connectivity index (χ3v) is 4.92. The van der Waals surface area contributed by atoms with Crippen LogP contribution in [0.3, 0.4) is 0 Å². The summed E-state index contributed by atoms with van der Waals surface area (Å²) in [5.41, 5.74) is 3.54. The van der Waals surface area contributed by atoms with Crippen LogP contribution in [0.1, 0.15) is 46.8 Å². The van der Waals surface area contributed by atoms with Gasteiger partial charge in [-0.25, -0.2) is 0 Å². The average Bonchev–Trinajstić information content (AvgIpc) is 2.83. The van der Waals surface area contributed by atoms with E-state index in [1.807, 2.05) is 32.0 Å². The maximum atomic E-state index is 12.5. The highest BCUT2D eigenvalue weighted by Crippen LogP contribution is 2.43. The maximum Gasteiger partial charge on any atom is 0.255 e. The molecule has 24 heavy (non-hydrogen) atoms. The molecule has 1 atom stereocenters. The molecule has 2 aromatic rings. The van der Waals surface area contributed by atoms with Crippen LogP contribution in [0.4, 0.5) is 0 Å². The molecule has 0 saturated carbocycles. The summed E-state index contributed by atoms with van der Waals surface area (Å²) in [5, 5.41) is 13.4. The molecule has 2 aromatic carbocycles. The first-order valence-electron chi connectivity index (χ1n) is 8.34. The molecule has 4 heteroatoms. The normalized spacial score (nSPS) is 19.7. The Balaban J connectivity index is 1.47. The van der Waals surface area contributed by atoms with Gasteiger partial charge in [0.1, 0.15) is 5.60 Å². The number of amides is 1. The van der Waals surface area contributed by atoms with Crippen molar-refractivity contribution in [3.63, 3.8) is 0 Å². The largest absolute Gasteiger partial charge is 0.504 e. The molecule has 1 aliphatic heterocycles. The third-order valence-electron chi connectivity index (χ3n) is 4.92. The molecule has 0 saturated heterocycles. The van der Waals surface area contributed by atoms with Crippen LogP contribution in [0.25, 0.3) is 0 Å². The molecule has 4 nitrogen and oxygen atoms in total. The number of benzene rings is 2. The fraction of sp³-hybridized carbons (Fsp3) is 0.350. The number of ether oxygens (including phenoxy) is 1. The lowest BCUT2D eigenvalue weighted by molar-refractivity contribution is 0.0944. The van der Waals surface area contributed by atoms with Gasteiger partial charge in [-0.15, -0.1) is 0 Å². The van der Waals surface area contributed by atoms with Crippen molar-refractivity contribution < 1.29 is 14.6 Å². The molecule has 1 aliphatic carbocycles. The van der Waals surface area contributed by atoms with Crippen molar-refractivity contribution >= 4 is 5.91 Å². The van der Waals surface area contributed by atoms with E-state index in [0.29, 0.717) is 18.2 Å². The highest BCUT2D eigenvalue weighted by Gasteiger charge is 2.34. The number of fused-ring (bicyclic) bond motifs is 2. The molecule has 124 valence electrons. The highest BCUT2D eigenvalue weighted by atomic mass is 16.5. The van der Waals surface area contributed by atoms with Gasteiger partial charge in [0.25, 0.3) is 5.91 Å². The van der Waals surface area contributed by atoms with E-state index >= 15 is 0 Å². The van der Waals surface area contributed by atoms with Crippen LogP contribution in [0.15, 0.2) is 36.4 Å². The minimum Gasteiger partial charge on any atom is -0.504 e. The maximum absolute atomic E-state index is 12.5. The zero-order chi connectivity index (χ0) is 16.9. The van der Waals surface area contributed by atoms with E-state index < -0.39 is 0 Å². The lowest BCUT2D eigenvalue weighted by Gasteiger charge is -2.30. The Bertz CT molecular complexity index is 826. The molecular formula is C20H21NO3. The third kappa shape index (κ3) is 2.42. The number of phenolic OH excluding ortho intramolecular Hbond substituents is 1. The van der Waals surface area contributed by atoms with Gasteiger partial charge in [-0.3, -0.25) is 4.79 Å². The zero-order valence-electron chi connectivity index (χ0n) is 13.9. The summed E-state index contributed by atoms with van der Waals surface area (Å²) in [7, 11) is 0. The Morgan fingerprint density at radius 2 is 2.04 bits per heavy atom. The van der Waals surface area contributed by atoms with E-state index in [4.69, 9.17) is 4.74 Å². The molecule has 0 unspecified atom stereocenters. The molecule has 0 spiro atoms. The molecule has 0 fully saturated rings. The van der Waals surface area contributed by atoms with Crippen LogP contribution in [0.2, 0.25) is 0 Å². The lowest BCUT2D eigenvalue weighted by atomic mass is 9.77. The van der Waals surface area contributed by atoms with E-state index in [1.54, 1.807) is 6.07 Å². The molecule has 0 aromatic heterocycles. The summed E-state index contributed by atoms with van der Waals surface area (Å²) in [6.45, 7) is 4.53. The lowest BCUT2D eigenvalue weighted by Crippen LogP contribution is -2.33. The summed E-state index contributed by atoms with van der Waals surface area (Å²) >= 11 is 0. The predicted octanol–water partition coefficient (Wildman–Crippen LogP) is 3.18. The molecule has 0 radical (unpaired) electrons. The topological polar surface area (TPSA) is 58.6 Å². The van der Waals surface area contributed by atoms with Gasteiger partial charge in [0.15, 0.2) is 11.5 Å². The number of rotatable bonds is 3. The number of nitrogens with one attached hydrogen (secondary N) is 1. The van der Waals surface area contributed by atoms with Crippen LogP contribution >= 0.6 is 0 Å². The first-order valence-corrected chi connectivity index (χ1v) is 8.34. The number of aromatic hydroxyl groups is 1. The van der Waals surface area contributed by atoms with Crippen LogP contribution in [0, 0.1) is 0 Å². The Labute approximate surface area is 141 Å². The fourth-order valence-corrected chi connectivity index (χ4v) is 3.68. The molecule has 1 amide bonds. The summed E-state index contributed by atoms with van der Waals surface area (Å²) in [5.74, 6) is 0.496. The number of carbonyl (C=O) groups excluding carboxylic acids is 1. The molecule has 0 bridgehead atoms. The van der Waals surface area contributed by atoms with Gasteiger partial charge in [0, 0.05) is 24.4 Å². The summed E-state index contributed by atoms with van der Waals surface area (Å²) in [6.07, 6.45) is 1.72. The average molecular weight is 323 g/mol. The Morgan fingerprint density at radius 1 is 1.25 bits per heavy atom. The zero-order valence-corrected chi connectivity index (χ0v) is 13.9. The SMILES string of the molecule is CC1(C)Cc2ccc(C(=O)NC[C@@H]3Cc4ccccc43)c(O)c2O1. The highest BCUT2D eigenvalue weighted by molar-refractivity contribution is 5.98. The summed E-state index contributed by atoms with van der Waals surface area (Å²) < 4.78 is 5.79. The summed E-state index contributed by atoms with van der Waals surface area (Å²) in [4.78, 5) is 12.5. The van der Waals surface area contributed by atoms with Crippen LogP contribution < -0.4 is 10.1 Å². The Morgan fingerprint density at radius 3 is 2.83 bits per heavy atom. The smallest absolute Gasteiger partial charge is 0.255 e. The van der Waals surface area contributed by atoms with Crippen LogP contribution in [0.5, 0.6) is 11.5 Å². The standard InChI is InChI=1S/C20H21NO3/c1-20(2)10-13-7-8-16(17(22)18(13)24-20)19(23)21-11-14-9-12-5-3-4-6-15(12)14/h3-8,14,22H,9-11H2,1-2H3,(H,21,23)/t14-/m0/s1. The van der Waals surface area contributed by atoms with Gasteiger partial charge in [0.2, 0.25) is 0 Å². The fourth-order valence-electron chi connectivity index (χ4n) is 3.68. The minimum absolute atomic E-state index is 0.0513. The van der Waals surface area contributed by atoms with Gasteiger partial charge in [-0.1, -0.05) is 30.3 Å². The number of carbonyl (C=O) groups is 1. The van der Waals surface area contributed by atoms with Gasteiger partial charge < -0.3 is 15.2 Å². The van der Waals surface area contributed by atoms with Crippen molar-refractivity contribution in [1.29, 1.82) is 0 Å². The van der Waals surface area contributed by atoms with Crippen LogP contribution in [-0.4, -0.2) is 23.2 Å². The number of hydrogen-bond donors (Lipinski definition) is 2. The molecule has 1 heterocycles. The van der Waals surface area contributed by atoms with Crippen molar-refractivity contribution in [3.05, 3.63) is 58.7 Å². The first-order chi connectivity index (χ1) is 11.4. The molecule has 2 aliphatic rings. The van der Waals surface area contributed by atoms with Crippen molar-refractivity contribution in [2.45, 2.75) is 38.2 Å². The van der Waals surface area contributed by atoms with Crippen LogP contribution in [-0.2, 0) is 12.8 Å². The first kappa shape index (κ1) is 15.1. The van der Waals surface area contributed by atoms with Gasteiger partial charge in [-0.05, 0) is 37.5 Å². The van der Waals surface area contributed by atoms with E-state index in [-0.39, 0.29) is 22.8 Å². The minimum atomic E-state index is -0.343. The van der Waals surface area contributed by atoms with E-state index in [1.165, 1.54) is 11.1 Å². The number of phenols is 1. The Hall–Kier alpha value is -2.49.